The van der Waals surface area contributed by atoms with Crippen LogP contribution in [0.1, 0.15) is 28.8 Å². The van der Waals surface area contributed by atoms with Crippen LogP contribution in [0.5, 0.6) is 5.75 Å². The Morgan fingerprint density at radius 2 is 2.24 bits per heavy atom. The van der Waals surface area contributed by atoms with Gasteiger partial charge in [0.15, 0.2) is 0 Å². The number of halogens is 1. The molecule has 0 unspecified atom stereocenters. The summed E-state index contributed by atoms with van der Waals surface area (Å²) >= 11 is 3.47. The Kier molecular flexibility index (Phi) is 3.43. The number of alkyl halides is 1. The van der Waals surface area contributed by atoms with Crippen LogP contribution < -0.4 is 5.32 Å². The Labute approximate surface area is 109 Å². The molecule has 1 aliphatic carbocycles. The minimum Gasteiger partial charge on any atom is -0.507 e. The van der Waals surface area contributed by atoms with E-state index in [1.165, 1.54) is 0 Å². The monoisotopic (exact) mass is 297 g/mol. The van der Waals surface area contributed by atoms with Gasteiger partial charge < -0.3 is 10.4 Å². The number of rotatable bonds is 4. The summed E-state index contributed by atoms with van der Waals surface area (Å²) in [6.07, 6.45) is 2.30. The van der Waals surface area contributed by atoms with Crippen LogP contribution in [0.3, 0.4) is 0 Å². The Bertz CT molecular complexity index is 441. The fourth-order valence-electron chi connectivity index (χ4n) is 1.73. The lowest BCUT2D eigenvalue weighted by molar-refractivity contribution is 0.0944. The van der Waals surface area contributed by atoms with Gasteiger partial charge >= 0.3 is 0 Å². The van der Waals surface area contributed by atoms with Crippen molar-refractivity contribution >= 4 is 21.8 Å². The van der Waals surface area contributed by atoms with E-state index >= 15 is 0 Å². The number of aryl methyl sites for hydroxylation is 1. The highest BCUT2D eigenvalue weighted by Crippen LogP contribution is 2.46. The topological polar surface area (TPSA) is 49.3 Å². The average molecular weight is 298 g/mol. The van der Waals surface area contributed by atoms with Crippen molar-refractivity contribution < 1.29 is 9.90 Å². The Hall–Kier alpha value is -1.03. The zero-order valence-electron chi connectivity index (χ0n) is 9.79. The second-order valence-electron chi connectivity index (χ2n) is 4.84. The van der Waals surface area contributed by atoms with Crippen LogP contribution in [0, 0.1) is 12.3 Å². The first-order valence-corrected chi connectivity index (χ1v) is 6.82. The molecule has 0 aliphatic heterocycles. The standard InChI is InChI=1S/C13H16BrNO2/c1-9-2-3-11(16)10(6-9)12(17)15-8-13(7-14)4-5-13/h2-3,6,16H,4-5,7-8H2,1H3,(H,15,17). The lowest BCUT2D eigenvalue weighted by atomic mass is 10.1. The van der Waals surface area contributed by atoms with Gasteiger partial charge in [-0.2, -0.15) is 0 Å². The van der Waals surface area contributed by atoms with Gasteiger partial charge in [0.05, 0.1) is 5.56 Å². The van der Waals surface area contributed by atoms with Crippen molar-refractivity contribution in [3.63, 3.8) is 0 Å². The molecule has 1 aromatic carbocycles. The molecule has 0 heterocycles. The number of hydrogen-bond acceptors (Lipinski definition) is 2. The number of amides is 1. The second-order valence-corrected chi connectivity index (χ2v) is 5.40. The largest absolute Gasteiger partial charge is 0.507 e. The highest BCUT2D eigenvalue weighted by Gasteiger charge is 2.41. The van der Waals surface area contributed by atoms with Gasteiger partial charge in [0.25, 0.3) is 5.91 Å². The number of phenols is 1. The van der Waals surface area contributed by atoms with E-state index in [1.807, 2.05) is 6.92 Å². The first-order valence-electron chi connectivity index (χ1n) is 5.70. The molecule has 0 atom stereocenters. The van der Waals surface area contributed by atoms with Crippen molar-refractivity contribution in [2.45, 2.75) is 19.8 Å². The van der Waals surface area contributed by atoms with E-state index in [2.05, 4.69) is 21.2 Å². The van der Waals surface area contributed by atoms with Crippen molar-refractivity contribution in [1.29, 1.82) is 0 Å². The molecule has 1 saturated carbocycles. The Morgan fingerprint density at radius 3 is 2.82 bits per heavy atom. The summed E-state index contributed by atoms with van der Waals surface area (Å²) in [5.41, 5.74) is 1.57. The van der Waals surface area contributed by atoms with E-state index in [1.54, 1.807) is 18.2 Å². The smallest absolute Gasteiger partial charge is 0.255 e. The predicted octanol–water partition coefficient (Wildman–Crippen LogP) is 2.61. The van der Waals surface area contributed by atoms with E-state index < -0.39 is 0 Å². The van der Waals surface area contributed by atoms with Gasteiger partial charge in [-0.05, 0) is 37.3 Å². The maximum atomic E-state index is 11.9. The highest BCUT2D eigenvalue weighted by atomic mass is 79.9. The summed E-state index contributed by atoms with van der Waals surface area (Å²) in [6, 6.07) is 5.05. The molecule has 0 saturated heterocycles. The number of benzene rings is 1. The number of carbonyl (C=O) groups is 1. The Balaban J connectivity index is 2.02. The van der Waals surface area contributed by atoms with Gasteiger partial charge in [0, 0.05) is 11.9 Å². The SMILES string of the molecule is Cc1ccc(O)c(C(=O)NCC2(CBr)CC2)c1. The number of phenolic OH excluding ortho intramolecular Hbond substituents is 1. The van der Waals surface area contributed by atoms with Gasteiger partial charge in [0.2, 0.25) is 0 Å². The minimum absolute atomic E-state index is 0.0387. The van der Waals surface area contributed by atoms with Crippen LogP contribution in [0.15, 0.2) is 18.2 Å². The molecule has 2 N–H and O–H groups in total. The van der Waals surface area contributed by atoms with Crippen molar-refractivity contribution in [2.24, 2.45) is 5.41 Å². The highest BCUT2D eigenvalue weighted by molar-refractivity contribution is 9.09. The van der Waals surface area contributed by atoms with Crippen LogP contribution >= 0.6 is 15.9 Å². The third-order valence-electron chi connectivity index (χ3n) is 3.26. The summed E-state index contributed by atoms with van der Waals surface area (Å²) in [6.45, 7) is 2.57. The van der Waals surface area contributed by atoms with Crippen molar-refractivity contribution in [3.8, 4) is 5.75 Å². The van der Waals surface area contributed by atoms with E-state index in [-0.39, 0.29) is 17.1 Å². The molecular weight excluding hydrogens is 282 g/mol. The number of carbonyl (C=O) groups excluding carboxylic acids is 1. The lowest BCUT2D eigenvalue weighted by Gasteiger charge is -2.13. The summed E-state index contributed by atoms with van der Waals surface area (Å²) < 4.78 is 0. The van der Waals surface area contributed by atoms with Gasteiger partial charge in [-0.25, -0.2) is 0 Å². The lowest BCUT2D eigenvalue weighted by Crippen LogP contribution is -2.31. The van der Waals surface area contributed by atoms with Crippen molar-refractivity contribution in [3.05, 3.63) is 29.3 Å². The van der Waals surface area contributed by atoms with Gasteiger partial charge in [-0.1, -0.05) is 27.6 Å². The molecule has 2 rings (SSSR count). The van der Waals surface area contributed by atoms with Gasteiger partial charge in [0.1, 0.15) is 5.75 Å². The fraction of sp³-hybridized carbons (Fsp3) is 0.462. The molecule has 1 fully saturated rings. The molecule has 0 bridgehead atoms. The zero-order chi connectivity index (χ0) is 12.5. The van der Waals surface area contributed by atoms with Crippen LogP contribution in [-0.2, 0) is 0 Å². The molecule has 1 aromatic rings. The molecule has 0 spiro atoms. The molecular formula is C13H16BrNO2. The number of aromatic hydroxyl groups is 1. The minimum atomic E-state index is -0.196. The summed E-state index contributed by atoms with van der Waals surface area (Å²) in [5.74, 6) is -0.157. The summed E-state index contributed by atoms with van der Waals surface area (Å²) in [4.78, 5) is 11.9. The number of nitrogens with one attached hydrogen (secondary N) is 1. The fourth-order valence-corrected chi connectivity index (χ4v) is 2.49. The quantitative estimate of drug-likeness (QED) is 0.840. The van der Waals surface area contributed by atoms with E-state index in [4.69, 9.17) is 0 Å². The third kappa shape index (κ3) is 2.80. The molecule has 0 aromatic heterocycles. The predicted molar refractivity (Wildman–Crippen MR) is 70.6 cm³/mol. The maximum absolute atomic E-state index is 11.9. The average Bonchev–Trinajstić information content (AvgIpc) is 3.10. The van der Waals surface area contributed by atoms with Crippen LogP contribution in [0.4, 0.5) is 0 Å². The van der Waals surface area contributed by atoms with Crippen molar-refractivity contribution in [1.82, 2.24) is 5.32 Å². The van der Waals surface area contributed by atoms with E-state index in [9.17, 15) is 9.90 Å². The van der Waals surface area contributed by atoms with Gasteiger partial charge in [-0.3, -0.25) is 4.79 Å². The van der Waals surface area contributed by atoms with E-state index in [0.29, 0.717) is 12.1 Å². The molecule has 17 heavy (non-hydrogen) atoms. The first-order chi connectivity index (χ1) is 8.06. The van der Waals surface area contributed by atoms with Crippen LogP contribution in [0.2, 0.25) is 0 Å². The molecule has 0 radical (unpaired) electrons. The van der Waals surface area contributed by atoms with E-state index in [0.717, 1.165) is 23.7 Å². The molecule has 1 aliphatic rings. The molecule has 92 valence electrons. The third-order valence-corrected chi connectivity index (χ3v) is 4.45. The van der Waals surface area contributed by atoms with Crippen molar-refractivity contribution in [2.75, 3.05) is 11.9 Å². The zero-order valence-corrected chi connectivity index (χ0v) is 11.4. The molecule has 1 amide bonds. The first kappa shape index (κ1) is 12.4. The molecule has 3 nitrogen and oxygen atoms in total. The number of hydrogen-bond donors (Lipinski definition) is 2. The summed E-state index contributed by atoms with van der Waals surface area (Å²) in [7, 11) is 0. The van der Waals surface area contributed by atoms with Crippen LogP contribution in [0.25, 0.3) is 0 Å². The Morgan fingerprint density at radius 1 is 1.53 bits per heavy atom. The summed E-state index contributed by atoms with van der Waals surface area (Å²) in [5, 5.41) is 13.4. The normalized spacial score (nSPS) is 16.6. The molecule has 4 heteroatoms. The second kappa shape index (κ2) is 4.69. The van der Waals surface area contributed by atoms with Gasteiger partial charge in [-0.15, -0.1) is 0 Å². The maximum Gasteiger partial charge on any atom is 0.255 e. The van der Waals surface area contributed by atoms with Crippen LogP contribution in [-0.4, -0.2) is 22.9 Å².